The van der Waals surface area contributed by atoms with Crippen molar-refractivity contribution < 1.29 is 13.5 Å². The second-order valence-electron chi connectivity index (χ2n) is 7.31. The van der Waals surface area contributed by atoms with Crippen LogP contribution in [-0.2, 0) is 23.0 Å². The fraction of sp³-hybridized carbons (Fsp3) is 0.227. The first-order valence-corrected chi connectivity index (χ1v) is 10.9. The molecule has 0 amide bonds. The van der Waals surface area contributed by atoms with Crippen LogP contribution in [0.2, 0.25) is 0 Å². The highest BCUT2D eigenvalue weighted by Gasteiger charge is 2.34. The van der Waals surface area contributed by atoms with Crippen LogP contribution < -0.4 is 10.0 Å². The normalized spacial score (nSPS) is 18.4. The van der Waals surface area contributed by atoms with Crippen LogP contribution in [0.3, 0.4) is 0 Å². The molecule has 0 aliphatic heterocycles. The summed E-state index contributed by atoms with van der Waals surface area (Å²) in [6, 6.07) is 15.6. The van der Waals surface area contributed by atoms with Crippen LogP contribution in [0.4, 0.5) is 5.69 Å². The maximum Gasteiger partial charge on any atom is 0.241 e. The molecular formula is C22H23N3O3S. The average Bonchev–Trinajstić information content (AvgIpc) is 3.02. The van der Waals surface area contributed by atoms with E-state index in [-0.39, 0.29) is 4.90 Å². The lowest BCUT2D eigenvalue weighted by molar-refractivity contribution is 0.151. The molecule has 150 valence electrons. The Morgan fingerprint density at radius 3 is 2.66 bits per heavy atom. The quantitative estimate of drug-likeness (QED) is 0.582. The van der Waals surface area contributed by atoms with E-state index >= 15 is 0 Å². The molecule has 4 rings (SSSR count). The number of nitrogens with one attached hydrogen (secondary N) is 2. The van der Waals surface area contributed by atoms with Crippen LogP contribution in [-0.4, -0.2) is 24.6 Å². The van der Waals surface area contributed by atoms with E-state index in [1.807, 2.05) is 37.3 Å². The second-order valence-corrected chi connectivity index (χ2v) is 9.03. The topological polar surface area (TPSA) is 91.3 Å². The van der Waals surface area contributed by atoms with Gasteiger partial charge in [-0.05, 0) is 53.9 Å². The fourth-order valence-electron chi connectivity index (χ4n) is 3.53. The Balaban J connectivity index is 1.55. The zero-order valence-corrected chi connectivity index (χ0v) is 16.9. The van der Waals surface area contributed by atoms with Gasteiger partial charge < -0.3 is 10.4 Å². The van der Waals surface area contributed by atoms with Crippen molar-refractivity contribution in [3.05, 3.63) is 89.2 Å². The van der Waals surface area contributed by atoms with Gasteiger partial charge in [-0.15, -0.1) is 0 Å². The summed E-state index contributed by atoms with van der Waals surface area (Å²) in [5, 5.41) is 13.8. The predicted octanol–water partition coefficient (Wildman–Crippen LogP) is 2.94. The zero-order chi connectivity index (χ0) is 20.4. The molecule has 2 aromatic carbocycles. The van der Waals surface area contributed by atoms with Gasteiger partial charge in [0, 0.05) is 31.0 Å². The van der Waals surface area contributed by atoms with E-state index in [4.69, 9.17) is 0 Å². The monoisotopic (exact) mass is 409 g/mol. The van der Waals surface area contributed by atoms with E-state index in [2.05, 4.69) is 15.0 Å². The minimum absolute atomic E-state index is 0.189. The summed E-state index contributed by atoms with van der Waals surface area (Å²) in [7, 11) is -3.74. The maximum absolute atomic E-state index is 12.8. The number of rotatable bonds is 6. The van der Waals surface area contributed by atoms with Crippen molar-refractivity contribution >= 4 is 15.7 Å². The largest absolute Gasteiger partial charge is 0.391 e. The minimum Gasteiger partial charge on any atom is -0.391 e. The van der Waals surface area contributed by atoms with E-state index < -0.39 is 22.2 Å². The number of aryl methyl sites for hydroxylation is 1. The van der Waals surface area contributed by atoms with Gasteiger partial charge >= 0.3 is 0 Å². The third-order valence-electron chi connectivity index (χ3n) is 5.13. The molecule has 0 unspecified atom stereocenters. The Hall–Kier alpha value is -2.74. The molecule has 0 saturated heterocycles. The summed E-state index contributed by atoms with van der Waals surface area (Å²) in [6.07, 6.45) is 3.13. The Kier molecular flexibility index (Phi) is 5.36. The van der Waals surface area contributed by atoms with Gasteiger partial charge in [-0.1, -0.05) is 29.8 Å². The number of hydrogen-bond acceptors (Lipinski definition) is 5. The first-order valence-electron chi connectivity index (χ1n) is 9.45. The summed E-state index contributed by atoms with van der Waals surface area (Å²) in [5.74, 6) is 0. The van der Waals surface area contributed by atoms with Gasteiger partial charge in [0.25, 0.3) is 0 Å². The number of benzene rings is 2. The zero-order valence-electron chi connectivity index (χ0n) is 16.0. The Morgan fingerprint density at radius 2 is 1.93 bits per heavy atom. The number of sulfonamides is 1. The first kappa shape index (κ1) is 19.6. The van der Waals surface area contributed by atoms with Crippen molar-refractivity contribution in [2.75, 3.05) is 5.32 Å². The molecule has 0 saturated carbocycles. The van der Waals surface area contributed by atoms with Crippen LogP contribution in [0.15, 0.2) is 71.9 Å². The molecule has 2 atom stereocenters. The van der Waals surface area contributed by atoms with Crippen LogP contribution >= 0.6 is 0 Å². The molecule has 1 aliphatic carbocycles. The average molecular weight is 410 g/mol. The molecule has 29 heavy (non-hydrogen) atoms. The molecule has 0 fully saturated rings. The Bertz CT molecular complexity index is 1100. The van der Waals surface area contributed by atoms with Crippen LogP contribution in [0.1, 0.15) is 28.3 Å². The van der Waals surface area contributed by atoms with E-state index in [1.165, 1.54) is 0 Å². The van der Waals surface area contributed by atoms with E-state index in [0.717, 1.165) is 27.9 Å². The number of nitrogens with zero attached hydrogens (tertiary/aromatic N) is 1. The smallest absolute Gasteiger partial charge is 0.241 e. The van der Waals surface area contributed by atoms with Crippen molar-refractivity contribution in [3.63, 3.8) is 0 Å². The first-order chi connectivity index (χ1) is 13.9. The molecule has 1 aromatic heterocycles. The fourth-order valence-corrected chi connectivity index (χ4v) is 4.78. The van der Waals surface area contributed by atoms with Gasteiger partial charge in [0.2, 0.25) is 10.0 Å². The number of aliphatic hydroxyl groups is 1. The summed E-state index contributed by atoms with van der Waals surface area (Å²) in [4.78, 5) is 4.29. The molecule has 1 heterocycles. The Labute approximate surface area is 170 Å². The van der Waals surface area contributed by atoms with Crippen LogP contribution in [0, 0.1) is 6.92 Å². The van der Waals surface area contributed by atoms with Crippen molar-refractivity contribution in [1.82, 2.24) is 9.71 Å². The van der Waals surface area contributed by atoms with Crippen LogP contribution in [0.5, 0.6) is 0 Å². The molecular weight excluding hydrogens is 386 g/mol. The third-order valence-corrected chi connectivity index (χ3v) is 6.58. The predicted molar refractivity (Wildman–Crippen MR) is 112 cm³/mol. The SMILES string of the molecule is Cc1ccc(S(=O)(=O)N[C@@H]2c3cc(NCc4cccnc4)ccc3C[C@H]2O)cc1. The molecule has 3 aromatic rings. The molecule has 3 N–H and O–H groups in total. The van der Waals surface area contributed by atoms with Crippen LogP contribution in [0.25, 0.3) is 0 Å². The number of hydrogen-bond donors (Lipinski definition) is 3. The molecule has 0 radical (unpaired) electrons. The lowest BCUT2D eigenvalue weighted by atomic mass is 10.1. The van der Waals surface area contributed by atoms with Gasteiger partial charge in [0.1, 0.15) is 0 Å². The highest BCUT2D eigenvalue weighted by Crippen LogP contribution is 2.34. The van der Waals surface area contributed by atoms with Gasteiger partial charge in [-0.3, -0.25) is 4.98 Å². The summed E-state index contributed by atoms with van der Waals surface area (Å²) in [6.45, 7) is 2.51. The molecule has 0 bridgehead atoms. The van der Waals surface area contributed by atoms with Crippen molar-refractivity contribution in [3.8, 4) is 0 Å². The summed E-state index contributed by atoms with van der Waals surface area (Å²) in [5.41, 5.74) is 4.64. The van der Waals surface area contributed by atoms with Crippen molar-refractivity contribution in [2.45, 2.75) is 36.9 Å². The Morgan fingerprint density at radius 1 is 1.14 bits per heavy atom. The summed E-state index contributed by atoms with van der Waals surface area (Å²) >= 11 is 0. The molecule has 0 spiro atoms. The van der Waals surface area contributed by atoms with E-state index in [0.29, 0.717) is 13.0 Å². The van der Waals surface area contributed by atoms with Crippen molar-refractivity contribution in [2.24, 2.45) is 0 Å². The number of fused-ring (bicyclic) bond motifs is 1. The highest BCUT2D eigenvalue weighted by molar-refractivity contribution is 7.89. The molecule has 7 heteroatoms. The van der Waals surface area contributed by atoms with Gasteiger partial charge in [0.05, 0.1) is 17.0 Å². The van der Waals surface area contributed by atoms with Crippen molar-refractivity contribution in [1.29, 1.82) is 0 Å². The van der Waals surface area contributed by atoms with E-state index in [9.17, 15) is 13.5 Å². The number of aromatic nitrogens is 1. The molecule has 1 aliphatic rings. The van der Waals surface area contributed by atoms with Gasteiger partial charge in [0.15, 0.2) is 0 Å². The number of anilines is 1. The standard InChI is InChI=1S/C22H23N3O3S/c1-15-4-8-19(9-5-15)29(27,28)25-22-20-12-18(7-6-17(20)11-21(22)26)24-14-16-3-2-10-23-13-16/h2-10,12-13,21-22,24-26H,11,14H2,1H3/t21-,22-/m1/s1. The minimum atomic E-state index is -3.74. The maximum atomic E-state index is 12.8. The summed E-state index contributed by atoms with van der Waals surface area (Å²) < 4.78 is 28.3. The van der Waals surface area contributed by atoms with E-state index in [1.54, 1.807) is 36.7 Å². The lowest BCUT2D eigenvalue weighted by Gasteiger charge is -2.19. The highest BCUT2D eigenvalue weighted by atomic mass is 32.2. The second kappa shape index (κ2) is 7.94. The third kappa shape index (κ3) is 4.32. The number of pyridine rings is 1. The molecule has 6 nitrogen and oxygen atoms in total. The number of aliphatic hydroxyl groups excluding tert-OH is 1. The lowest BCUT2D eigenvalue weighted by Crippen LogP contribution is -2.33. The van der Waals surface area contributed by atoms with Gasteiger partial charge in [-0.2, -0.15) is 0 Å². The van der Waals surface area contributed by atoms with Gasteiger partial charge in [-0.25, -0.2) is 13.1 Å².